The number of Topliss-reactive ketones (excluding diaryl/α,β-unsaturated/α-hetero) is 1. The van der Waals surface area contributed by atoms with Gasteiger partial charge in [-0.1, -0.05) is 79.1 Å². The van der Waals surface area contributed by atoms with Gasteiger partial charge in [0.25, 0.3) is 5.91 Å². The van der Waals surface area contributed by atoms with Gasteiger partial charge < -0.3 is 36.6 Å². The topological polar surface area (TPSA) is 206 Å². The summed E-state index contributed by atoms with van der Waals surface area (Å²) in [7, 11) is 0. The lowest BCUT2D eigenvalue weighted by molar-refractivity contribution is -0.145. The molecule has 1 aliphatic carbocycles. The fraction of sp³-hybridized carbons (Fsp3) is 0.821. The van der Waals surface area contributed by atoms with E-state index >= 15 is 0 Å². The molecule has 2 fully saturated rings. The minimum Gasteiger partial charge on any atom is -0.371 e. The number of primary amides is 1. The van der Waals surface area contributed by atoms with Gasteiger partial charge in [-0.2, -0.15) is 0 Å². The van der Waals surface area contributed by atoms with Gasteiger partial charge >= 0.3 is 0 Å². The van der Waals surface area contributed by atoms with Crippen LogP contribution in [-0.2, 0) is 38.3 Å². The molecule has 0 radical (unpaired) electrons. The molecule has 0 spiro atoms. The Kier molecular flexibility index (Phi) is 19.5. The largest absolute Gasteiger partial charge is 0.371 e. The molecule has 1 aliphatic heterocycles. The van der Waals surface area contributed by atoms with E-state index in [0.717, 1.165) is 64.2 Å². The van der Waals surface area contributed by atoms with E-state index < -0.39 is 71.8 Å². The van der Waals surface area contributed by atoms with Crippen molar-refractivity contribution in [3.05, 3.63) is 0 Å². The number of nitrogens with zero attached hydrogens (tertiary/aromatic N) is 1. The van der Waals surface area contributed by atoms with Crippen molar-refractivity contribution in [3.8, 4) is 0 Å². The number of ketones is 1. The highest BCUT2D eigenvalue weighted by atomic mass is 16.5. The summed E-state index contributed by atoms with van der Waals surface area (Å²) in [6, 6.07) is -3.92. The third-order valence-corrected chi connectivity index (χ3v) is 10.1. The summed E-state index contributed by atoms with van der Waals surface area (Å²) < 4.78 is 6.27. The molecule has 1 saturated heterocycles. The lowest BCUT2D eigenvalue weighted by Gasteiger charge is -2.35. The van der Waals surface area contributed by atoms with Crippen LogP contribution in [0.4, 0.5) is 0 Å². The van der Waals surface area contributed by atoms with E-state index in [2.05, 4.69) is 21.3 Å². The maximum atomic E-state index is 14.6. The Labute approximate surface area is 316 Å². The van der Waals surface area contributed by atoms with Crippen molar-refractivity contribution < 1.29 is 38.3 Å². The number of nitrogens with one attached hydrogen (secondary N) is 4. The third kappa shape index (κ3) is 15.0. The molecular formula is C39H68N6O8. The van der Waals surface area contributed by atoms with Crippen molar-refractivity contribution in [3.63, 3.8) is 0 Å². The van der Waals surface area contributed by atoms with E-state index in [0.29, 0.717) is 19.3 Å². The predicted molar refractivity (Wildman–Crippen MR) is 202 cm³/mol. The number of hydrogen-bond donors (Lipinski definition) is 5. The lowest BCUT2D eigenvalue weighted by Crippen LogP contribution is -2.58. The van der Waals surface area contributed by atoms with Crippen molar-refractivity contribution in [2.45, 2.75) is 181 Å². The van der Waals surface area contributed by atoms with Crippen molar-refractivity contribution in [2.75, 3.05) is 13.1 Å². The van der Waals surface area contributed by atoms with Crippen LogP contribution in [0, 0.1) is 11.8 Å². The first-order valence-corrected chi connectivity index (χ1v) is 20.1. The van der Waals surface area contributed by atoms with Crippen LogP contribution in [0.1, 0.15) is 145 Å². The highest BCUT2D eigenvalue weighted by Crippen LogP contribution is 2.31. The molecule has 14 heteroatoms. The van der Waals surface area contributed by atoms with E-state index in [1.165, 1.54) is 4.90 Å². The summed E-state index contributed by atoms with van der Waals surface area (Å²) in [5.74, 6) is -4.73. The van der Waals surface area contributed by atoms with Crippen LogP contribution in [0.15, 0.2) is 0 Å². The molecule has 1 saturated carbocycles. The van der Waals surface area contributed by atoms with Crippen molar-refractivity contribution in [2.24, 2.45) is 17.6 Å². The molecule has 6 amide bonds. The molecule has 53 heavy (non-hydrogen) atoms. The maximum absolute atomic E-state index is 14.6. The second kappa shape index (κ2) is 22.6. The minimum atomic E-state index is -1.21. The monoisotopic (exact) mass is 749 g/mol. The van der Waals surface area contributed by atoms with Gasteiger partial charge in [0.1, 0.15) is 18.1 Å². The van der Waals surface area contributed by atoms with E-state index in [9.17, 15) is 33.6 Å². The molecule has 0 aromatic heterocycles. The molecule has 0 aromatic carbocycles. The molecular weight excluding hydrogens is 680 g/mol. The number of nitrogens with two attached hydrogens (primary N) is 1. The first-order chi connectivity index (χ1) is 25.1. The molecule has 5 atom stereocenters. The zero-order valence-corrected chi connectivity index (χ0v) is 33.4. The van der Waals surface area contributed by atoms with Gasteiger partial charge in [0.05, 0.1) is 24.3 Å². The fourth-order valence-corrected chi connectivity index (χ4v) is 7.45. The predicted octanol–water partition coefficient (Wildman–Crippen LogP) is 3.18. The van der Waals surface area contributed by atoms with E-state index in [1.807, 2.05) is 41.5 Å². The third-order valence-electron chi connectivity index (χ3n) is 10.1. The SMILES string of the molecule is CCCCC(NC(=O)CNC(=O)C(=O)C(CCC)NC(=O)[C@@H]1C[C@@H](OC(C)(C)C)CN1C(=O)C(NC(=O)C(CCC)CCC)C1CCCCC1)C(N)=O. The first-order valence-electron chi connectivity index (χ1n) is 20.1. The molecule has 1 heterocycles. The molecule has 0 bridgehead atoms. The van der Waals surface area contributed by atoms with Crippen molar-refractivity contribution in [1.82, 2.24) is 26.2 Å². The molecule has 2 aliphatic rings. The average molecular weight is 749 g/mol. The zero-order valence-electron chi connectivity index (χ0n) is 33.4. The molecule has 14 nitrogen and oxygen atoms in total. The Morgan fingerprint density at radius 2 is 1.42 bits per heavy atom. The number of amides is 6. The molecule has 0 aromatic rings. The van der Waals surface area contributed by atoms with Crippen LogP contribution >= 0.6 is 0 Å². The van der Waals surface area contributed by atoms with Gasteiger partial charge in [0.2, 0.25) is 35.3 Å². The number of likely N-dealkylation sites (tertiary alicyclic amines) is 1. The van der Waals surface area contributed by atoms with E-state index in [4.69, 9.17) is 10.5 Å². The van der Waals surface area contributed by atoms with Crippen LogP contribution in [0.2, 0.25) is 0 Å². The normalized spacial score (nSPS) is 19.6. The molecule has 6 N–H and O–H groups in total. The van der Waals surface area contributed by atoms with Crippen molar-refractivity contribution >= 4 is 41.2 Å². The van der Waals surface area contributed by atoms with Crippen LogP contribution in [0.3, 0.4) is 0 Å². The van der Waals surface area contributed by atoms with Gasteiger partial charge in [0.15, 0.2) is 0 Å². The summed E-state index contributed by atoms with van der Waals surface area (Å²) in [5.41, 5.74) is 4.83. The highest BCUT2D eigenvalue weighted by Gasteiger charge is 2.46. The van der Waals surface area contributed by atoms with Gasteiger partial charge in [0, 0.05) is 18.9 Å². The minimum absolute atomic E-state index is 0.0735. The van der Waals surface area contributed by atoms with Gasteiger partial charge in [-0.05, 0) is 65.2 Å². The number of rotatable bonds is 22. The first kappa shape index (κ1) is 45.6. The Morgan fingerprint density at radius 1 is 0.792 bits per heavy atom. The van der Waals surface area contributed by atoms with Crippen LogP contribution < -0.4 is 27.0 Å². The molecule has 2 rings (SSSR count). The maximum Gasteiger partial charge on any atom is 0.290 e. The quantitative estimate of drug-likeness (QED) is 0.104. The van der Waals surface area contributed by atoms with Crippen LogP contribution in [-0.4, -0.2) is 95.1 Å². The van der Waals surface area contributed by atoms with Crippen LogP contribution in [0.25, 0.3) is 0 Å². The number of carbonyl (C=O) groups is 7. The Hall–Kier alpha value is -3.55. The molecule has 302 valence electrons. The number of hydrogen-bond acceptors (Lipinski definition) is 8. The summed E-state index contributed by atoms with van der Waals surface area (Å²) in [6.45, 7) is 13.1. The Balaban J connectivity index is 2.29. The smallest absolute Gasteiger partial charge is 0.290 e. The summed E-state index contributed by atoms with van der Waals surface area (Å²) in [4.78, 5) is 94.3. The van der Waals surface area contributed by atoms with E-state index in [1.54, 1.807) is 6.92 Å². The highest BCUT2D eigenvalue weighted by molar-refractivity contribution is 6.38. The van der Waals surface area contributed by atoms with Gasteiger partial charge in [-0.3, -0.25) is 33.6 Å². The number of ether oxygens (including phenoxy) is 1. The summed E-state index contributed by atoms with van der Waals surface area (Å²) in [5, 5.41) is 10.6. The second-order valence-corrected chi connectivity index (χ2v) is 15.8. The number of carbonyl (C=O) groups excluding carboxylic acids is 7. The van der Waals surface area contributed by atoms with Gasteiger partial charge in [-0.15, -0.1) is 0 Å². The standard InChI is InChI=1S/C39H68N6O8/c1-8-12-21-29(34(40)48)42-31(46)23-41-37(51)33(47)28(18-11-4)43-36(50)30-22-27(53-39(5,6)7)24-45(30)38(52)32(25-19-14-13-15-20-25)44-35(49)26(16-9-2)17-10-3/h25-30,32H,8-24H2,1-7H3,(H2,40,48)(H,41,51)(H,42,46)(H,43,50)(H,44,49)/t27-,28?,29?,30+,32?/m1/s1. The summed E-state index contributed by atoms with van der Waals surface area (Å²) >= 11 is 0. The number of unbranched alkanes of at least 4 members (excludes halogenated alkanes) is 1. The zero-order chi connectivity index (χ0) is 39.7. The van der Waals surface area contributed by atoms with Gasteiger partial charge in [-0.25, -0.2) is 0 Å². The Morgan fingerprint density at radius 3 is 1.96 bits per heavy atom. The lowest BCUT2D eigenvalue weighted by atomic mass is 9.82. The second-order valence-electron chi connectivity index (χ2n) is 15.8. The fourth-order valence-electron chi connectivity index (χ4n) is 7.45. The Bertz CT molecular complexity index is 1240. The van der Waals surface area contributed by atoms with E-state index in [-0.39, 0.29) is 43.0 Å². The van der Waals surface area contributed by atoms with Crippen molar-refractivity contribution in [1.29, 1.82) is 0 Å². The molecule has 3 unspecified atom stereocenters. The average Bonchev–Trinajstić information content (AvgIpc) is 3.53. The summed E-state index contributed by atoms with van der Waals surface area (Å²) in [6.07, 6.45) is 9.78. The van der Waals surface area contributed by atoms with Crippen LogP contribution in [0.5, 0.6) is 0 Å².